The van der Waals surface area contributed by atoms with Crippen molar-refractivity contribution in [3.63, 3.8) is 0 Å². The van der Waals surface area contributed by atoms with Gasteiger partial charge in [0.2, 0.25) is 11.8 Å². The van der Waals surface area contributed by atoms with E-state index in [-0.39, 0.29) is 5.91 Å². The lowest BCUT2D eigenvalue weighted by atomic mass is 9.81. The summed E-state index contributed by atoms with van der Waals surface area (Å²) >= 11 is 5.02. The van der Waals surface area contributed by atoms with E-state index in [2.05, 4.69) is 44.4 Å². The second-order valence-corrected chi connectivity index (χ2v) is 8.46. The molecule has 1 fully saturated rings. The molecule has 1 heterocycles. The zero-order valence-electron chi connectivity index (χ0n) is 14.5. The predicted octanol–water partition coefficient (Wildman–Crippen LogP) is 4.52. The fourth-order valence-corrected chi connectivity index (χ4v) is 4.56. The van der Waals surface area contributed by atoms with E-state index in [1.165, 1.54) is 6.42 Å². The van der Waals surface area contributed by atoms with Crippen molar-refractivity contribution < 1.29 is 9.32 Å². The van der Waals surface area contributed by atoms with E-state index in [4.69, 9.17) is 4.52 Å². The second kappa shape index (κ2) is 7.91. The summed E-state index contributed by atoms with van der Waals surface area (Å²) in [6.45, 7) is 3.83. The number of aryl methyl sites for hydroxylation is 2. The molecule has 1 aliphatic rings. The van der Waals surface area contributed by atoms with Gasteiger partial charge in [0.05, 0.1) is 5.75 Å². The van der Waals surface area contributed by atoms with Gasteiger partial charge in [-0.2, -0.15) is 4.98 Å². The van der Waals surface area contributed by atoms with E-state index in [0.717, 1.165) is 40.6 Å². The Morgan fingerprint density at radius 1 is 1.32 bits per heavy atom. The summed E-state index contributed by atoms with van der Waals surface area (Å²) in [6.07, 6.45) is 5.03. The molecule has 3 rings (SSSR count). The minimum atomic E-state index is -0.484. The SMILES string of the molecule is Cc1nc(C2(NC(=O)CSc3ccc(Br)cc3C)CCCCC2)no1. The molecule has 25 heavy (non-hydrogen) atoms. The third kappa shape index (κ3) is 4.44. The third-order valence-corrected chi connectivity index (χ3v) is 6.21. The molecule has 2 aromatic rings. The maximum absolute atomic E-state index is 12.6. The number of halogens is 1. The molecule has 1 aromatic heterocycles. The van der Waals surface area contributed by atoms with Crippen LogP contribution in [0.3, 0.4) is 0 Å². The van der Waals surface area contributed by atoms with Crippen molar-refractivity contribution in [3.05, 3.63) is 40.0 Å². The minimum absolute atomic E-state index is 0.0108. The van der Waals surface area contributed by atoms with Gasteiger partial charge in [0, 0.05) is 16.3 Å². The molecule has 1 aliphatic carbocycles. The number of thioether (sulfide) groups is 1. The number of benzene rings is 1. The molecule has 0 unspecified atom stereocenters. The smallest absolute Gasteiger partial charge is 0.231 e. The van der Waals surface area contributed by atoms with Crippen LogP contribution in [0, 0.1) is 13.8 Å². The molecule has 0 atom stereocenters. The molecule has 0 bridgehead atoms. The van der Waals surface area contributed by atoms with Crippen LogP contribution in [0.1, 0.15) is 49.4 Å². The number of nitrogens with one attached hydrogen (secondary N) is 1. The molecule has 1 amide bonds. The Labute approximate surface area is 160 Å². The van der Waals surface area contributed by atoms with Crippen LogP contribution in [-0.2, 0) is 10.3 Å². The van der Waals surface area contributed by atoms with E-state index < -0.39 is 5.54 Å². The summed E-state index contributed by atoms with van der Waals surface area (Å²) < 4.78 is 6.21. The Morgan fingerprint density at radius 2 is 2.08 bits per heavy atom. The fourth-order valence-electron chi connectivity index (χ4n) is 3.27. The van der Waals surface area contributed by atoms with Crippen LogP contribution in [0.4, 0.5) is 0 Å². The van der Waals surface area contributed by atoms with E-state index in [0.29, 0.717) is 17.5 Å². The molecular weight excluding hydrogens is 402 g/mol. The largest absolute Gasteiger partial charge is 0.342 e. The molecule has 0 saturated heterocycles. The first-order chi connectivity index (χ1) is 12.0. The molecule has 1 aromatic carbocycles. The van der Waals surface area contributed by atoms with Crippen LogP contribution in [0.25, 0.3) is 0 Å². The highest BCUT2D eigenvalue weighted by Gasteiger charge is 2.39. The zero-order chi connectivity index (χ0) is 17.9. The van der Waals surface area contributed by atoms with E-state index in [1.54, 1.807) is 18.7 Å². The van der Waals surface area contributed by atoms with Crippen molar-refractivity contribution in [2.75, 3.05) is 5.75 Å². The highest BCUT2D eigenvalue weighted by atomic mass is 79.9. The average Bonchev–Trinajstić information content (AvgIpc) is 3.02. The van der Waals surface area contributed by atoms with Crippen LogP contribution in [0.5, 0.6) is 0 Å². The van der Waals surface area contributed by atoms with Crippen molar-refractivity contribution in [2.45, 2.75) is 56.4 Å². The monoisotopic (exact) mass is 423 g/mol. The molecule has 1 saturated carbocycles. The second-order valence-electron chi connectivity index (χ2n) is 6.53. The maximum atomic E-state index is 12.6. The fraction of sp³-hybridized carbons (Fsp3) is 0.500. The van der Waals surface area contributed by atoms with Crippen molar-refractivity contribution in [2.24, 2.45) is 0 Å². The van der Waals surface area contributed by atoms with Crippen LogP contribution in [0.2, 0.25) is 0 Å². The number of carbonyl (C=O) groups excluding carboxylic acids is 1. The number of aromatic nitrogens is 2. The Morgan fingerprint density at radius 3 is 2.72 bits per heavy atom. The normalized spacial score (nSPS) is 16.6. The predicted molar refractivity (Wildman–Crippen MR) is 102 cm³/mol. The topological polar surface area (TPSA) is 68.0 Å². The van der Waals surface area contributed by atoms with Crippen LogP contribution in [-0.4, -0.2) is 21.8 Å². The summed E-state index contributed by atoms with van der Waals surface area (Å²) in [7, 11) is 0. The van der Waals surface area contributed by atoms with Crippen molar-refractivity contribution in [1.82, 2.24) is 15.5 Å². The molecule has 134 valence electrons. The number of rotatable bonds is 5. The van der Waals surface area contributed by atoms with E-state index in [1.807, 2.05) is 12.1 Å². The molecule has 0 radical (unpaired) electrons. The number of nitrogens with zero attached hydrogens (tertiary/aromatic N) is 2. The van der Waals surface area contributed by atoms with E-state index in [9.17, 15) is 4.79 Å². The van der Waals surface area contributed by atoms with Crippen molar-refractivity contribution in [3.8, 4) is 0 Å². The van der Waals surface area contributed by atoms with Gasteiger partial charge in [-0.25, -0.2) is 0 Å². The standard InChI is InChI=1S/C18H22BrN3O2S/c1-12-10-14(19)6-7-15(12)25-11-16(23)21-18(8-4-3-5-9-18)17-20-13(2)24-22-17/h6-7,10H,3-5,8-9,11H2,1-2H3,(H,21,23). The van der Waals surface area contributed by atoms with Crippen LogP contribution < -0.4 is 5.32 Å². The lowest BCUT2D eigenvalue weighted by molar-refractivity contribution is -0.121. The van der Waals surface area contributed by atoms with E-state index >= 15 is 0 Å². The number of amides is 1. The number of hydrogen-bond acceptors (Lipinski definition) is 5. The Bertz CT molecular complexity index is 757. The lowest BCUT2D eigenvalue weighted by Crippen LogP contribution is -2.48. The quantitative estimate of drug-likeness (QED) is 0.715. The van der Waals surface area contributed by atoms with Gasteiger partial charge in [0.15, 0.2) is 5.82 Å². The first-order valence-corrected chi connectivity index (χ1v) is 10.3. The minimum Gasteiger partial charge on any atom is -0.342 e. The first kappa shape index (κ1) is 18.5. The number of hydrogen-bond donors (Lipinski definition) is 1. The maximum Gasteiger partial charge on any atom is 0.231 e. The highest BCUT2D eigenvalue weighted by Crippen LogP contribution is 2.36. The Hall–Kier alpha value is -1.34. The van der Waals surface area contributed by atoms with Gasteiger partial charge in [0.1, 0.15) is 5.54 Å². The highest BCUT2D eigenvalue weighted by molar-refractivity contribution is 9.10. The molecule has 7 heteroatoms. The van der Waals surface area contributed by atoms with Gasteiger partial charge in [0.25, 0.3) is 0 Å². The molecule has 5 nitrogen and oxygen atoms in total. The molecular formula is C18H22BrN3O2S. The summed E-state index contributed by atoms with van der Waals surface area (Å²) in [6, 6.07) is 6.10. The van der Waals surface area contributed by atoms with Gasteiger partial charge in [-0.1, -0.05) is 40.3 Å². The number of carbonyl (C=O) groups is 1. The molecule has 1 N–H and O–H groups in total. The van der Waals surface area contributed by atoms with Crippen LogP contribution in [0.15, 0.2) is 32.1 Å². The Kier molecular flexibility index (Phi) is 5.84. The van der Waals surface area contributed by atoms with Crippen LogP contribution >= 0.6 is 27.7 Å². The average molecular weight is 424 g/mol. The van der Waals surface area contributed by atoms with Crippen molar-refractivity contribution in [1.29, 1.82) is 0 Å². The van der Waals surface area contributed by atoms with Crippen molar-refractivity contribution >= 4 is 33.6 Å². The van der Waals surface area contributed by atoms with Gasteiger partial charge in [-0.15, -0.1) is 11.8 Å². The van der Waals surface area contributed by atoms with Gasteiger partial charge in [-0.05, 0) is 43.5 Å². The van der Waals surface area contributed by atoms with Gasteiger partial charge < -0.3 is 9.84 Å². The van der Waals surface area contributed by atoms with Gasteiger partial charge >= 0.3 is 0 Å². The summed E-state index contributed by atoms with van der Waals surface area (Å²) in [5, 5.41) is 7.30. The molecule has 0 spiro atoms. The Balaban J connectivity index is 1.68. The summed E-state index contributed by atoms with van der Waals surface area (Å²) in [5.41, 5.74) is 0.677. The first-order valence-electron chi connectivity index (χ1n) is 8.49. The van der Waals surface area contributed by atoms with Gasteiger partial charge in [-0.3, -0.25) is 4.79 Å². The zero-order valence-corrected chi connectivity index (χ0v) is 16.9. The molecule has 0 aliphatic heterocycles. The summed E-state index contributed by atoms with van der Waals surface area (Å²) in [4.78, 5) is 18.1. The summed E-state index contributed by atoms with van der Waals surface area (Å²) in [5.74, 6) is 1.54. The lowest BCUT2D eigenvalue weighted by Gasteiger charge is -2.35. The third-order valence-electron chi connectivity index (χ3n) is 4.54.